The molecule has 1 aliphatic rings. The predicted octanol–water partition coefficient (Wildman–Crippen LogP) is 2.28. The fraction of sp³-hybridized carbons (Fsp3) is 0.300. The SMILES string of the molecule is COc1cccc(CNC(=O)[C@H]2Cc3ccccc3CN2C(C)=O)c1. The van der Waals surface area contributed by atoms with Gasteiger partial charge in [0.25, 0.3) is 0 Å². The molecule has 0 saturated heterocycles. The number of carbonyl (C=O) groups excluding carboxylic acids is 2. The molecule has 0 aliphatic carbocycles. The fourth-order valence-corrected chi connectivity index (χ4v) is 3.18. The van der Waals surface area contributed by atoms with Gasteiger partial charge in [-0.3, -0.25) is 9.59 Å². The third-order valence-corrected chi connectivity index (χ3v) is 4.56. The maximum absolute atomic E-state index is 12.7. The van der Waals surface area contributed by atoms with Gasteiger partial charge < -0.3 is 15.0 Å². The number of fused-ring (bicyclic) bond motifs is 1. The molecule has 0 aromatic heterocycles. The maximum atomic E-state index is 12.7. The molecule has 25 heavy (non-hydrogen) atoms. The molecule has 0 radical (unpaired) electrons. The Labute approximate surface area is 147 Å². The van der Waals surface area contributed by atoms with Crippen LogP contribution in [0, 0.1) is 0 Å². The van der Waals surface area contributed by atoms with Gasteiger partial charge in [0.05, 0.1) is 7.11 Å². The quantitative estimate of drug-likeness (QED) is 0.930. The number of hydrogen-bond acceptors (Lipinski definition) is 3. The Morgan fingerprint density at radius 1 is 1.16 bits per heavy atom. The summed E-state index contributed by atoms with van der Waals surface area (Å²) in [7, 11) is 1.61. The van der Waals surface area contributed by atoms with E-state index in [0.717, 1.165) is 22.4 Å². The van der Waals surface area contributed by atoms with Gasteiger partial charge >= 0.3 is 0 Å². The molecule has 1 N–H and O–H groups in total. The number of ether oxygens (including phenoxy) is 1. The Morgan fingerprint density at radius 2 is 1.92 bits per heavy atom. The van der Waals surface area contributed by atoms with Crippen LogP contribution in [0.2, 0.25) is 0 Å². The zero-order chi connectivity index (χ0) is 17.8. The van der Waals surface area contributed by atoms with Crippen molar-refractivity contribution in [2.75, 3.05) is 7.11 Å². The minimum atomic E-state index is -0.474. The highest BCUT2D eigenvalue weighted by atomic mass is 16.5. The van der Waals surface area contributed by atoms with Crippen LogP contribution < -0.4 is 10.1 Å². The molecular weight excluding hydrogens is 316 g/mol. The van der Waals surface area contributed by atoms with Gasteiger partial charge in [-0.25, -0.2) is 0 Å². The van der Waals surface area contributed by atoms with E-state index in [1.807, 2.05) is 48.5 Å². The molecule has 1 heterocycles. The smallest absolute Gasteiger partial charge is 0.243 e. The van der Waals surface area contributed by atoms with Crippen molar-refractivity contribution < 1.29 is 14.3 Å². The van der Waals surface area contributed by atoms with Gasteiger partial charge in [0.1, 0.15) is 11.8 Å². The number of rotatable bonds is 4. The van der Waals surface area contributed by atoms with Gasteiger partial charge in [-0.1, -0.05) is 36.4 Å². The van der Waals surface area contributed by atoms with Crippen molar-refractivity contribution in [1.29, 1.82) is 0 Å². The maximum Gasteiger partial charge on any atom is 0.243 e. The van der Waals surface area contributed by atoms with Crippen LogP contribution in [0.4, 0.5) is 0 Å². The number of amides is 2. The Hall–Kier alpha value is -2.82. The highest BCUT2D eigenvalue weighted by molar-refractivity contribution is 5.87. The van der Waals surface area contributed by atoms with Crippen LogP contribution in [-0.2, 0) is 29.1 Å². The second kappa shape index (κ2) is 7.38. The van der Waals surface area contributed by atoms with Crippen LogP contribution in [0.3, 0.4) is 0 Å². The Bertz CT molecular complexity index is 788. The topological polar surface area (TPSA) is 58.6 Å². The van der Waals surface area contributed by atoms with Crippen molar-refractivity contribution in [1.82, 2.24) is 10.2 Å². The first-order chi connectivity index (χ1) is 12.1. The van der Waals surface area contributed by atoms with Crippen LogP contribution in [-0.4, -0.2) is 29.9 Å². The minimum Gasteiger partial charge on any atom is -0.497 e. The second-order valence-electron chi connectivity index (χ2n) is 6.20. The summed E-state index contributed by atoms with van der Waals surface area (Å²) in [5.41, 5.74) is 3.19. The summed E-state index contributed by atoms with van der Waals surface area (Å²) in [5.74, 6) is 0.535. The van der Waals surface area contributed by atoms with Crippen molar-refractivity contribution in [2.45, 2.75) is 32.5 Å². The molecule has 5 nitrogen and oxygen atoms in total. The van der Waals surface area contributed by atoms with Crippen LogP contribution in [0.5, 0.6) is 5.75 Å². The van der Waals surface area contributed by atoms with Crippen molar-refractivity contribution >= 4 is 11.8 Å². The minimum absolute atomic E-state index is 0.0870. The van der Waals surface area contributed by atoms with Crippen LogP contribution in [0.25, 0.3) is 0 Å². The van der Waals surface area contributed by atoms with Gasteiger partial charge in [-0.05, 0) is 28.8 Å². The Kier molecular flexibility index (Phi) is 5.03. The van der Waals surface area contributed by atoms with E-state index in [9.17, 15) is 9.59 Å². The van der Waals surface area contributed by atoms with E-state index in [1.165, 1.54) is 6.92 Å². The number of nitrogens with zero attached hydrogens (tertiary/aromatic N) is 1. The van der Waals surface area contributed by atoms with Crippen molar-refractivity contribution in [3.05, 3.63) is 65.2 Å². The average Bonchev–Trinajstić information content (AvgIpc) is 2.65. The van der Waals surface area contributed by atoms with Crippen LogP contribution >= 0.6 is 0 Å². The molecule has 0 unspecified atom stereocenters. The van der Waals surface area contributed by atoms with Gasteiger partial charge in [0.2, 0.25) is 11.8 Å². The molecule has 0 bridgehead atoms. The van der Waals surface area contributed by atoms with E-state index in [1.54, 1.807) is 12.0 Å². The zero-order valence-electron chi connectivity index (χ0n) is 14.5. The number of benzene rings is 2. The molecule has 1 atom stereocenters. The summed E-state index contributed by atoms with van der Waals surface area (Å²) in [4.78, 5) is 26.4. The lowest BCUT2D eigenvalue weighted by molar-refractivity contribution is -0.140. The standard InChI is InChI=1S/C20H22N2O3/c1-14(23)22-13-17-8-4-3-7-16(17)11-19(22)20(24)21-12-15-6-5-9-18(10-15)25-2/h3-10,19H,11-13H2,1-2H3,(H,21,24)/t19-/m1/s1. The Morgan fingerprint density at radius 3 is 2.64 bits per heavy atom. The monoisotopic (exact) mass is 338 g/mol. The first-order valence-electron chi connectivity index (χ1n) is 8.33. The molecule has 0 fully saturated rings. The zero-order valence-corrected chi connectivity index (χ0v) is 14.5. The summed E-state index contributed by atoms with van der Waals surface area (Å²) in [6.07, 6.45) is 0.541. The predicted molar refractivity (Wildman–Crippen MR) is 95.0 cm³/mol. The van der Waals surface area contributed by atoms with Crippen molar-refractivity contribution in [2.24, 2.45) is 0 Å². The lowest BCUT2D eigenvalue weighted by Crippen LogP contribution is -2.51. The molecular formula is C20H22N2O3. The van der Waals surface area contributed by atoms with E-state index >= 15 is 0 Å². The number of hydrogen-bond donors (Lipinski definition) is 1. The molecule has 3 rings (SSSR count). The number of nitrogens with one attached hydrogen (secondary N) is 1. The molecule has 0 saturated carbocycles. The summed E-state index contributed by atoms with van der Waals surface area (Å²) >= 11 is 0. The largest absolute Gasteiger partial charge is 0.497 e. The highest BCUT2D eigenvalue weighted by Crippen LogP contribution is 2.23. The summed E-state index contributed by atoms with van der Waals surface area (Å²) in [6, 6.07) is 15.1. The first-order valence-corrected chi connectivity index (χ1v) is 8.33. The molecule has 130 valence electrons. The summed E-state index contributed by atoms with van der Waals surface area (Å²) in [5, 5.41) is 2.95. The van der Waals surface area contributed by atoms with E-state index in [4.69, 9.17) is 4.74 Å². The van der Waals surface area contributed by atoms with Gasteiger partial charge in [-0.2, -0.15) is 0 Å². The molecule has 2 aromatic rings. The van der Waals surface area contributed by atoms with Gasteiger partial charge in [0.15, 0.2) is 0 Å². The van der Waals surface area contributed by atoms with E-state index < -0.39 is 6.04 Å². The molecule has 1 aliphatic heterocycles. The van der Waals surface area contributed by atoms with Crippen molar-refractivity contribution in [3.8, 4) is 5.75 Å². The van der Waals surface area contributed by atoms with E-state index in [-0.39, 0.29) is 11.8 Å². The van der Waals surface area contributed by atoms with Crippen LogP contribution in [0.1, 0.15) is 23.6 Å². The fourth-order valence-electron chi connectivity index (χ4n) is 3.18. The average molecular weight is 338 g/mol. The third kappa shape index (κ3) is 3.82. The third-order valence-electron chi connectivity index (χ3n) is 4.56. The molecule has 2 aromatic carbocycles. The summed E-state index contributed by atoms with van der Waals surface area (Å²) < 4.78 is 5.20. The first kappa shape index (κ1) is 17.0. The van der Waals surface area contributed by atoms with Crippen LogP contribution in [0.15, 0.2) is 48.5 Å². The normalized spacial score (nSPS) is 16.1. The number of methoxy groups -OCH3 is 1. The van der Waals surface area contributed by atoms with E-state index in [0.29, 0.717) is 19.5 Å². The summed E-state index contributed by atoms with van der Waals surface area (Å²) in [6.45, 7) is 2.39. The number of carbonyl (C=O) groups is 2. The lowest BCUT2D eigenvalue weighted by Gasteiger charge is -2.35. The molecule has 5 heteroatoms. The highest BCUT2D eigenvalue weighted by Gasteiger charge is 2.32. The van der Waals surface area contributed by atoms with E-state index in [2.05, 4.69) is 5.32 Å². The van der Waals surface area contributed by atoms with Gasteiger partial charge in [0, 0.05) is 26.4 Å². The van der Waals surface area contributed by atoms with Gasteiger partial charge in [-0.15, -0.1) is 0 Å². The molecule has 2 amide bonds. The second-order valence-corrected chi connectivity index (χ2v) is 6.20. The molecule has 0 spiro atoms. The Balaban J connectivity index is 1.72. The lowest BCUT2D eigenvalue weighted by atomic mass is 9.93. The van der Waals surface area contributed by atoms with Crippen molar-refractivity contribution in [3.63, 3.8) is 0 Å².